The van der Waals surface area contributed by atoms with Crippen LogP contribution in [0.1, 0.15) is 51.7 Å². The Kier molecular flexibility index (Phi) is 6.58. The molecule has 6 heterocycles. The number of nitrogens with zero attached hydrogens (tertiary/aromatic N) is 2. The van der Waals surface area contributed by atoms with E-state index in [0.717, 1.165) is 0 Å². The maximum Gasteiger partial charge on any atom is 0.343 e. The summed E-state index contributed by atoms with van der Waals surface area (Å²) in [6.07, 6.45) is 2.39. The molecular formula is C54H39BN2S3. The fourth-order valence-electron chi connectivity index (χ4n) is 11.4. The van der Waals surface area contributed by atoms with Crippen molar-refractivity contribution < 1.29 is 0 Å². The van der Waals surface area contributed by atoms with E-state index >= 15 is 0 Å². The molecule has 286 valence electrons. The van der Waals surface area contributed by atoms with Crippen LogP contribution in [0.25, 0.3) is 83.7 Å². The molecule has 3 aliphatic rings. The lowest BCUT2D eigenvalue weighted by Gasteiger charge is -2.42. The van der Waals surface area contributed by atoms with Crippen LogP contribution in [-0.2, 0) is 10.8 Å². The SMILES string of the molecule is CC1(C)CCC(C)(C)c2cc3c4c(sc3cc21)B1c2c(cc3c(sc5ccccc53)c2N4c2ccc(-c3ccccc3)cc2)-c2cccc3c4sc5ccccc5c4n1c23. The van der Waals surface area contributed by atoms with Crippen LogP contribution in [0.2, 0.25) is 0 Å². The third-order valence-electron chi connectivity index (χ3n) is 14.4. The second kappa shape index (κ2) is 11.6. The Morgan fingerprint density at radius 1 is 0.483 bits per heavy atom. The van der Waals surface area contributed by atoms with E-state index in [1.54, 1.807) is 0 Å². The molecule has 6 heteroatoms. The zero-order valence-corrected chi connectivity index (χ0v) is 36.3. The van der Waals surface area contributed by atoms with Crippen molar-refractivity contribution in [2.75, 3.05) is 4.90 Å². The van der Waals surface area contributed by atoms with Crippen molar-refractivity contribution in [3.05, 3.63) is 151 Å². The highest BCUT2D eigenvalue weighted by atomic mass is 32.1. The van der Waals surface area contributed by atoms with Gasteiger partial charge in [0.1, 0.15) is 0 Å². The van der Waals surface area contributed by atoms with Crippen LogP contribution in [0.4, 0.5) is 17.1 Å². The summed E-state index contributed by atoms with van der Waals surface area (Å²) in [7, 11) is 0. The number of rotatable bonds is 2. The molecule has 0 spiro atoms. The van der Waals surface area contributed by atoms with E-state index in [9.17, 15) is 0 Å². The lowest BCUT2D eigenvalue weighted by Crippen LogP contribution is -2.55. The van der Waals surface area contributed by atoms with Crippen LogP contribution in [0.5, 0.6) is 0 Å². The Labute approximate surface area is 361 Å². The van der Waals surface area contributed by atoms with Gasteiger partial charge in [0.15, 0.2) is 0 Å². The smallest absolute Gasteiger partial charge is 0.343 e. The van der Waals surface area contributed by atoms with Crippen LogP contribution < -0.4 is 15.1 Å². The van der Waals surface area contributed by atoms with E-state index in [4.69, 9.17) is 0 Å². The summed E-state index contributed by atoms with van der Waals surface area (Å²) in [4.78, 5) is 2.71. The highest BCUT2D eigenvalue weighted by Gasteiger charge is 2.47. The van der Waals surface area contributed by atoms with Gasteiger partial charge in [0.25, 0.3) is 0 Å². The first kappa shape index (κ1) is 34.1. The van der Waals surface area contributed by atoms with Crippen LogP contribution in [-0.4, -0.2) is 11.3 Å². The second-order valence-corrected chi connectivity index (χ2v) is 21.8. The van der Waals surface area contributed by atoms with Crippen molar-refractivity contribution in [2.45, 2.75) is 51.4 Å². The van der Waals surface area contributed by atoms with Crippen molar-refractivity contribution in [1.82, 2.24) is 4.48 Å². The van der Waals surface area contributed by atoms with Crippen molar-refractivity contribution in [3.8, 4) is 22.3 Å². The Morgan fingerprint density at radius 3 is 1.92 bits per heavy atom. The summed E-state index contributed by atoms with van der Waals surface area (Å²) >= 11 is 5.97. The lowest BCUT2D eigenvalue weighted by atomic mass is 9.48. The number of thiophene rings is 3. The first-order chi connectivity index (χ1) is 29.2. The minimum Gasteiger partial charge on any atom is -0.374 e. The lowest BCUT2D eigenvalue weighted by molar-refractivity contribution is 0.332. The molecular weight excluding hydrogens is 784 g/mol. The van der Waals surface area contributed by atoms with Gasteiger partial charge >= 0.3 is 6.85 Å². The molecule has 0 N–H and O–H groups in total. The van der Waals surface area contributed by atoms with Gasteiger partial charge in [-0.2, -0.15) is 0 Å². The third kappa shape index (κ3) is 4.29. The number of anilines is 3. The van der Waals surface area contributed by atoms with Crippen molar-refractivity contribution >= 4 is 130 Å². The monoisotopic (exact) mass is 822 g/mol. The molecule has 2 nitrogen and oxygen atoms in total. The highest BCUT2D eigenvalue weighted by molar-refractivity contribution is 7.32. The summed E-state index contributed by atoms with van der Waals surface area (Å²) in [6, 6.07) is 53.3. The molecule has 14 rings (SSSR count). The maximum atomic E-state index is 2.79. The molecule has 0 amide bonds. The predicted octanol–water partition coefficient (Wildman–Crippen LogP) is 15.0. The zero-order chi connectivity index (χ0) is 39.8. The highest BCUT2D eigenvalue weighted by Crippen LogP contribution is 2.56. The van der Waals surface area contributed by atoms with Crippen molar-refractivity contribution in [3.63, 3.8) is 0 Å². The van der Waals surface area contributed by atoms with Gasteiger partial charge in [-0.1, -0.05) is 125 Å². The molecule has 0 saturated heterocycles. The van der Waals surface area contributed by atoms with E-state index in [-0.39, 0.29) is 17.7 Å². The number of fused-ring (bicyclic) bond motifs is 16. The van der Waals surface area contributed by atoms with Gasteiger partial charge in [0.05, 0.1) is 26.3 Å². The van der Waals surface area contributed by atoms with Crippen LogP contribution in [0, 0.1) is 0 Å². The van der Waals surface area contributed by atoms with E-state index in [2.05, 4.69) is 177 Å². The summed E-state index contributed by atoms with van der Waals surface area (Å²) < 4.78 is 11.1. The molecule has 2 aliphatic heterocycles. The fourth-order valence-corrected chi connectivity index (χ4v) is 15.1. The topological polar surface area (TPSA) is 8.17 Å². The van der Waals surface area contributed by atoms with Crippen LogP contribution in [0.3, 0.4) is 0 Å². The van der Waals surface area contributed by atoms with E-state index < -0.39 is 0 Å². The maximum absolute atomic E-state index is 2.79. The first-order valence-corrected chi connectivity index (χ1v) is 23.7. The van der Waals surface area contributed by atoms with Gasteiger partial charge in [-0.3, -0.25) is 0 Å². The predicted molar refractivity (Wildman–Crippen MR) is 264 cm³/mol. The Morgan fingerprint density at radius 2 is 1.13 bits per heavy atom. The quantitative estimate of drug-likeness (QED) is 0.158. The van der Waals surface area contributed by atoms with Crippen molar-refractivity contribution in [1.29, 1.82) is 0 Å². The van der Waals surface area contributed by atoms with E-state index in [1.807, 2.05) is 34.0 Å². The minimum absolute atomic E-state index is 0.0165. The molecule has 4 aromatic heterocycles. The molecule has 60 heavy (non-hydrogen) atoms. The summed E-state index contributed by atoms with van der Waals surface area (Å²) in [5.74, 6) is 0. The minimum atomic E-state index is 0.0165. The fraction of sp³-hybridized carbons (Fsp3) is 0.148. The Hall–Kier alpha value is -5.66. The van der Waals surface area contributed by atoms with Gasteiger partial charge in [0.2, 0.25) is 0 Å². The van der Waals surface area contributed by atoms with Gasteiger partial charge in [-0.15, -0.1) is 34.0 Å². The summed E-state index contributed by atoms with van der Waals surface area (Å²) in [5.41, 5.74) is 16.5. The summed E-state index contributed by atoms with van der Waals surface area (Å²) in [6.45, 7) is 9.90. The Bertz CT molecular complexity index is 3670. The largest absolute Gasteiger partial charge is 0.374 e. The molecule has 0 saturated carbocycles. The number of aromatic nitrogens is 1. The van der Waals surface area contributed by atoms with E-state index in [1.165, 1.54) is 135 Å². The molecule has 7 aromatic carbocycles. The van der Waals surface area contributed by atoms with Gasteiger partial charge < -0.3 is 9.38 Å². The average molecular weight is 823 g/mol. The third-order valence-corrected chi connectivity index (χ3v) is 18.0. The van der Waals surface area contributed by atoms with E-state index in [0.29, 0.717) is 0 Å². The van der Waals surface area contributed by atoms with Gasteiger partial charge in [-0.25, -0.2) is 0 Å². The molecule has 0 fully saturated rings. The normalized spacial score (nSPS) is 16.1. The average Bonchev–Trinajstić information content (AvgIpc) is 4.03. The number of para-hydroxylation sites is 1. The van der Waals surface area contributed by atoms with Crippen LogP contribution >= 0.6 is 34.0 Å². The number of hydrogen-bond donors (Lipinski definition) is 0. The molecule has 1 aliphatic carbocycles. The Balaban J connectivity index is 1.18. The standard InChI is InChI=1S/C54H39BN2S3/c1-53(2)25-26-54(3,4)41-29-44-39(28-40(41)53)48-52(60-44)55-45-37(34-17-12-18-36-46(34)57(55)47-35-16-9-11-20-43(35)59-50(36)47)27-38-33-15-8-10-19-42(33)58-51(38)49(45)56(48)32-23-21-31(22-24-32)30-13-6-5-7-14-30/h5-24,27-29H,25-26H2,1-4H3. The zero-order valence-electron chi connectivity index (χ0n) is 33.9. The number of benzene rings is 7. The van der Waals surface area contributed by atoms with Gasteiger partial charge in [0, 0.05) is 62.6 Å². The molecule has 0 unspecified atom stereocenters. The molecule has 0 atom stereocenters. The van der Waals surface area contributed by atoms with Crippen LogP contribution in [0.15, 0.2) is 140 Å². The first-order valence-electron chi connectivity index (χ1n) is 21.2. The van der Waals surface area contributed by atoms with Crippen molar-refractivity contribution in [2.24, 2.45) is 0 Å². The molecule has 11 aromatic rings. The molecule has 0 radical (unpaired) electrons. The second-order valence-electron chi connectivity index (χ2n) is 18.6. The number of hydrogen-bond acceptors (Lipinski definition) is 4. The summed E-state index contributed by atoms with van der Waals surface area (Å²) in [5, 5.41) is 6.79. The van der Waals surface area contributed by atoms with Gasteiger partial charge in [-0.05, 0) is 99.4 Å². The molecule has 0 bridgehead atoms.